The van der Waals surface area contributed by atoms with E-state index in [1.165, 1.54) is 10.6 Å². The number of allylic oxidation sites excluding steroid dienone is 1. The number of hydrogen-bond acceptors (Lipinski definition) is 8. The van der Waals surface area contributed by atoms with Crippen LogP contribution in [0.4, 0.5) is 9.18 Å². The lowest BCUT2D eigenvalue weighted by molar-refractivity contribution is -0.172. The summed E-state index contributed by atoms with van der Waals surface area (Å²) in [5.74, 6) is -2.11. The van der Waals surface area contributed by atoms with Crippen LogP contribution >= 0.6 is 0 Å². The van der Waals surface area contributed by atoms with Gasteiger partial charge in [0.05, 0.1) is 40.5 Å². The SMILES string of the molecule is CC[C@@]1(O)C(=O)OCc2c1cc1n(c2=O)Cc2c-1nc1cc(F)c(C)c3c1c2[C@@H](NC(=O)O[C@H]1/C=C/CC[C@@](C)(C(=O)O)CC1)CC3. The predicted molar refractivity (Wildman–Crippen MR) is 167 cm³/mol. The number of hydrogen-bond donors (Lipinski definition) is 3. The minimum Gasteiger partial charge on any atom is -0.481 e. The molecule has 3 N–H and O–H groups in total. The normalized spacial score (nSPS) is 26.7. The first kappa shape index (κ1) is 31.0. The largest absolute Gasteiger partial charge is 0.481 e. The van der Waals surface area contributed by atoms with Crippen molar-refractivity contribution in [2.75, 3.05) is 0 Å². The molecule has 4 aliphatic rings. The van der Waals surface area contributed by atoms with Crippen LogP contribution in [-0.2, 0) is 44.2 Å². The van der Waals surface area contributed by atoms with Crippen LogP contribution in [0.3, 0.4) is 0 Å². The van der Waals surface area contributed by atoms with Crippen molar-refractivity contribution >= 4 is 28.9 Å². The van der Waals surface area contributed by atoms with Crippen molar-refractivity contribution in [3.05, 3.63) is 73.8 Å². The van der Waals surface area contributed by atoms with E-state index < -0.39 is 52.6 Å². The molecule has 0 bridgehead atoms. The summed E-state index contributed by atoms with van der Waals surface area (Å²) < 4.78 is 27.7. The second-order valence-corrected chi connectivity index (χ2v) is 13.4. The molecule has 0 fully saturated rings. The number of amides is 1. The van der Waals surface area contributed by atoms with Crippen molar-refractivity contribution in [2.45, 2.75) is 96.6 Å². The molecule has 7 rings (SSSR count). The molecule has 0 unspecified atom stereocenters. The van der Waals surface area contributed by atoms with Gasteiger partial charge >= 0.3 is 18.0 Å². The number of nitrogens with one attached hydrogen (secondary N) is 1. The van der Waals surface area contributed by atoms with Crippen LogP contribution in [0.15, 0.2) is 29.1 Å². The van der Waals surface area contributed by atoms with Gasteiger partial charge in [0.1, 0.15) is 18.5 Å². The maximum atomic E-state index is 15.2. The van der Waals surface area contributed by atoms with Crippen LogP contribution in [0, 0.1) is 18.2 Å². The molecule has 4 atom stereocenters. The molecule has 47 heavy (non-hydrogen) atoms. The molecule has 0 spiro atoms. The number of carboxylic acid groups (broad SMARTS) is 1. The highest BCUT2D eigenvalue weighted by molar-refractivity contribution is 5.93. The van der Waals surface area contributed by atoms with Gasteiger partial charge in [0, 0.05) is 22.6 Å². The standard InChI is InChI=1S/C35H36FN3O8/c1-4-35(45)22-13-26-29-20(15-39(26)30(40)21(22)16-46-32(35)43)28-24(9-8-19-17(2)23(36)14-25(37-29)27(19)28)38-33(44)47-18-7-5-6-11-34(3,12-10-18)31(41)42/h5,7,13-14,18,24,45H,4,6,8-12,15-16H2,1-3H3,(H,38,44)(H,41,42)/b7-5+/t18-,24-,34+,35-/m0/s1. The Balaban J connectivity index is 1.29. The third kappa shape index (κ3) is 4.75. The predicted octanol–water partition coefficient (Wildman–Crippen LogP) is 4.83. The number of aromatic nitrogens is 2. The summed E-state index contributed by atoms with van der Waals surface area (Å²) in [5.41, 5.74) is 0.904. The zero-order valence-electron chi connectivity index (χ0n) is 26.4. The molecule has 246 valence electrons. The van der Waals surface area contributed by atoms with Crippen molar-refractivity contribution in [3.63, 3.8) is 0 Å². The Hall–Kier alpha value is -4.58. The fraction of sp³-hybridized carbons (Fsp3) is 0.457. The fourth-order valence-corrected chi connectivity index (χ4v) is 7.66. The number of carbonyl (C=O) groups excluding carboxylic acids is 2. The number of ether oxygens (including phenoxy) is 2. The molecule has 3 aromatic rings. The van der Waals surface area contributed by atoms with Crippen molar-refractivity contribution in [2.24, 2.45) is 5.41 Å². The van der Waals surface area contributed by atoms with Crippen LogP contribution in [0.25, 0.3) is 22.3 Å². The zero-order valence-corrected chi connectivity index (χ0v) is 26.4. The number of halogens is 1. The topological polar surface area (TPSA) is 157 Å². The number of carbonyl (C=O) groups is 3. The summed E-state index contributed by atoms with van der Waals surface area (Å²) in [6.07, 6.45) is 5.03. The monoisotopic (exact) mass is 645 g/mol. The molecule has 1 amide bonds. The van der Waals surface area contributed by atoms with Crippen LogP contribution in [0.2, 0.25) is 0 Å². The van der Waals surface area contributed by atoms with E-state index in [-0.39, 0.29) is 30.7 Å². The second kappa shape index (κ2) is 11.0. The maximum Gasteiger partial charge on any atom is 0.408 e. The summed E-state index contributed by atoms with van der Waals surface area (Å²) in [6, 6.07) is 2.41. The third-order valence-corrected chi connectivity index (χ3v) is 10.6. The van der Waals surface area contributed by atoms with Gasteiger partial charge in [-0.05, 0) is 87.6 Å². The van der Waals surface area contributed by atoms with Crippen molar-refractivity contribution < 1.29 is 38.5 Å². The molecule has 0 saturated heterocycles. The Morgan fingerprint density at radius 1 is 1.19 bits per heavy atom. The minimum atomic E-state index is -1.99. The number of benzene rings is 1. The van der Waals surface area contributed by atoms with Gasteiger partial charge in [-0.3, -0.25) is 9.59 Å². The van der Waals surface area contributed by atoms with Gasteiger partial charge in [-0.1, -0.05) is 13.0 Å². The minimum absolute atomic E-state index is 0.00132. The van der Waals surface area contributed by atoms with Crippen molar-refractivity contribution in [3.8, 4) is 11.4 Å². The van der Waals surface area contributed by atoms with Gasteiger partial charge in [0.2, 0.25) is 0 Å². The molecule has 0 saturated carbocycles. The second-order valence-electron chi connectivity index (χ2n) is 13.4. The van der Waals surface area contributed by atoms with E-state index in [0.717, 1.165) is 16.5 Å². The Morgan fingerprint density at radius 2 is 1.98 bits per heavy atom. The van der Waals surface area contributed by atoms with Crippen molar-refractivity contribution in [1.82, 2.24) is 14.9 Å². The lowest BCUT2D eigenvalue weighted by Crippen LogP contribution is -2.44. The highest BCUT2D eigenvalue weighted by Gasteiger charge is 2.46. The number of carboxylic acids is 1. The average molecular weight is 646 g/mol. The summed E-state index contributed by atoms with van der Waals surface area (Å²) in [4.78, 5) is 56.6. The molecule has 2 aliphatic heterocycles. The van der Waals surface area contributed by atoms with Gasteiger partial charge in [-0.2, -0.15) is 0 Å². The number of alkyl carbamates (subject to hydrolysis) is 1. The molecule has 2 aliphatic carbocycles. The van der Waals surface area contributed by atoms with E-state index in [2.05, 4.69) is 5.32 Å². The lowest BCUT2D eigenvalue weighted by atomic mass is 9.79. The number of aryl methyl sites for hydroxylation is 1. The van der Waals surface area contributed by atoms with E-state index in [9.17, 15) is 29.4 Å². The van der Waals surface area contributed by atoms with E-state index in [4.69, 9.17) is 14.5 Å². The number of pyridine rings is 2. The summed E-state index contributed by atoms with van der Waals surface area (Å²) >= 11 is 0. The Kier molecular flexibility index (Phi) is 7.27. The molecule has 11 nitrogen and oxygen atoms in total. The smallest absolute Gasteiger partial charge is 0.408 e. The highest BCUT2D eigenvalue weighted by Crippen LogP contribution is 2.46. The molecule has 0 radical (unpaired) electrons. The average Bonchev–Trinajstić information content (AvgIpc) is 3.40. The number of nitrogens with zero attached hydrogens (tertiary/aromatic N) is 2. The van der Waals surface area contributed by atoms with Crippen LogP contribution in [0.5, 0.6) is 0 Å². The number of esters is 1. The first-order chi connectivity index (χ1) is 22.4. The highest BCUT2D eigenvalue weighted by atomic mass is 19.1. The number of rotatable bonds is 4. The van der Waals surface area contributed by atoms with E-state index in [0.29, 0.717) is 66.6 Å². The Morgan fingerprint density at radius 3 is 2.72 bits per heavy atom. The van der Waals surface area contributed by atoms with Gasteiger partial charge in [-0.25, -0.2) is 19.0 Å². The van der Waals surface area contributed by atoms with E-state index in [1.54, 1.807) is 32.9 Å². The van der Waals surface area contributed by atoms with Gasteiger partial charge in [0.25, 0.3) is 5.56 Å². The van der Waals surface area contributed by atoms with Gasteiger partial charge in [0.15, 0.2) is 5.60 Å². The van der Waals surface area contributed by atoms with Gasteiger partial charge in [-0.15, -0.1) is 0 Å². The van der Waals surface area contributed by atoms with Crippen molar-refractivity contribution in [1.29, 1.82) is 0 Å². The summed E-state index contributed by atoms with van der Waals surface area (Å²) in [5, 5.41) is 24.7. The quantitative estimate of drug-likeness (QED) is 0.209. The maximum absolute atomic E-state index is 15.2. The molecular formula is C35H36FN3O8. The lowest BCUT2D eigenvalue weighted by Gasteiger charge is -2.31. The van der Waals surface area contributed by atoms with Crippen LogP contribution < -0.4 is 10.9 Å². The van der Waals surface area contributed by atoms with Gasteiger partial charge < -0.3 is 29.6 Å². The fourth-order valence-electron chi connectivity index (χ4n) is 7.66. The number of cyclic esters (lactones) is 1. The molecule has 1 aromatic carbocycles. The number of aliphatic carboxylic acids is 1. The van der Waals surface area contributed by atoms with E-state index in [1.807, 2.05) is 6.08 Å². The Bertz CT molecular complexity index is 1990. The Labute approximate surface area is 269 Å². The van der Waals surface area contributed by atoms with Crippen LogP contribution in [-0.4, -0.2) is 43.9 Å². The third-order valence-electron chi connectivity index (χ3n) is 10.6. The molecular weight excluding hydrogens is 609 g/mol. The first-order valence-electron chi connectivity index (χ1n) is 16.0. The first-order valence-corrected chi connectivity index (χ1v) is 16.0. The van der Waals surface area contributed by atoms with Crippen LogP contribution in [0.1, 0.15) is 91.8 Å². The summed E-state index contributed by atoms with van der Waals surface area (Å²) in [6.45, 7) is 4.91. The molecule has 2 aromatic heterocycles. The zero-order chi connectivity index (χ0) is 33.4. The number of fused-ring (bicyclic) bond motifs is 5. The number of aliphatic hydroxyl groups is 1. The molecule has 4 heterocycles. The summed E-state index contributed by atoms with van der Waals surface area (Å²) in [7, 11) is 0. The molecule has 12 heteroatoms. The van der Waals surface area contributed by atoms with E-state index >= 15 is 4.39 Å².